The predicted octanol–water partition coefficient (Wildman–Crippen LogP) is 6.34. The van der Waals surface area contributed by atoms with Crippen LogP contribution < -0.4 is 10.1 Å². The Balaban J connectivity index is 1.93. The van der Waals surface area contributed by atoms with E-state index in [4.69, 9.17) is 16.3 Å². The Hall–Kier alpha value is -2.83. The fourth-order valence-electron chi connectivity index (χ4n) is 3.78. The molecule has 36 heavy (non-hydrogen) atoms. The third-order valence-corrected chi connectivity index (χ3v) is 6.97. The largest absolute Gasteiger partial charge is 0.483 e. The highest BCUT2D eigenvalue weighted by atomic mass is 79.9. The van der Waals surface area contributed by atoms with Gasteiger partial charge in [0.2, 0.25) is 5.91 Å². The number of hydrogen-bond donors (Lipinski definition) is 1. The number of nitrogens with zero attached hydrogens (tertiary/aromatic N) is 1. The number of amides is 2. The summed E-state index contributed by atoms with van der Waals surface area (Å²) in [6.45, 7) is 6.07. The third kappa shape index (κ3) is 7.84. The van der Waals surface area contributed by atoms with Crippen LogP contribution in [0.3, 0.4) is 0 Å². The first kappa shape index (κ1) is 27.8. The van der Waals surface area contributed by atoms with E-state index in [1.54, 1.807) is 23.1 Å². The molecule has 0 fully saturated rings. The second-order valence-corrected chi connectivity index (χ2v) is 10.1. The standard InChI is InChI=1S/C29H32BrClN2O3/c1-4-21(3)32-29(35)26(16-22-11-6-5-7-12-22)33(18-23-13-9-8-10-20(23)2)28(34)19-36-27-15-14-24(31)17-25(27)30/h5-15,17,21,26H,4,16,18-19H2,1-3H3,(H,32,35)/t21-,26+/m0/s1. The first-order valence-corrected chi connectivity index (χ1v) is 13.2. The maximum absolute atomic E-state index is 13.7. The van der Waals surface area contributed by atoms with E-state index >= 15 is 0 Å². The van der Waals surface area contributed by atoms with E-state index in [0.717, 1.165) is 23.1 Å². The minimum atomic E-state index is -0.703. The number of benzene rings is 3. The quantitative estimate of drug-likeness (QED) is 0.292. The van der Waals surface area contributed by atoms with E-state index in [1.807, 2.05) is 75.4 Å². The highest BCUT2D eigenvalue weighted by molar-refractivity contribution is 9.10. The van der Waals surface area contributed by atoms with Crippen LogP contribution in [0.5, 0.6) is 5.75 Å². The van der Waals surface area contributed by atoms with Crippen LogP contribution in [0.1, 0.15) is 37.0 Å². The Morgan fingerprint density at radius 2 is 1.75 bits per heavy atom. The summed E-state index contributed by atoms with van der Waals surface area (Å²) in [5.74, 6) is 0.0513. The molecule has 1 N–H and O–H groups in total. The van der Waals surface area contributed by atoms with Gasteiger partial charge >= 0.3 is 0 Å². The van der Waals surface area contributed by atoms with Crippen LogP contribution in [0.25, 0.3) is 0 Å². The summed E-state index contributed by atoms with van der Waals surface area (Å²) < 4.78 is 6.51. The molecule has 3 aromatic rings. The Morgan fingerprint density at radius 1 is 1.06 bits per heavy atom. The van der Waals surface area contributed by atoms with Gasteiger partial charge in [0.05, 0.1) is 4.47 Å². The van der Waals surface area contributed by atoms with Gasteiger partial charge in [-0.3, -0.25) is 9.59 Å². The van der Waals surface area contributed by atoms with Crippen molar-refractivity contribution in [3.63, 3.8) is 0 Å². The van der Waals surface area contributed by atoms with Crippen molar-refractivity contribution in [2.75, 3.05) is 6.61 Å². The first-order valence-electron chi connectivity index (χ1n) is 12.0. The molecule has 5 nitrogen and oxygen atoms in total. The van der Waals surface area contributed by atoms with Crippen molar-refractivity contribution in [1.29, 1.82) is 0 Å². The minimum Gasteiger partial charge on any atom is -0.483 e. The van der Waals surface area contributed by atoms with Crippen molar-refractivity contribution in [1.82, 2.24) is 10.2 Å². The summed E-state index contributed by atoms with van der Waals surface area (Å²) >= 11 is 9.47. The average molecular weight is 572 g/mol. The molecule has 7 heteroatoms. The Kier molecular flexibility index (Phi) is 10.4. The van der Waals surface area contributed by atoms with E-state index in [1.165, 1.54) is 0 Å². The number of carbonyl (C=O) groups excluding carboxylic acids is 2. The van der Waals surface area contributed by atoms with Crippen molar-refractivity contribution >= 4 is 39.3 Å². The van der Waals surface area contributed by atoms with Gasteiger partial charge < -0.3 is 15.0 Å². The van der Waals surface area contributed by atoms with Crippen molar-refractivity contribution in [2.24, 2.45) is 0 Å². The normalized spacial score (nSPS) is 12.5. The summed E-state index contributed by atoms with van der Waals surface area (Å²) in [5.41, 5.74) is 3.01. The first-order chi connectivity index (χ1) is 17.3. The molecule has 0 aliphatic rings. The molecule has 0 heterocycles. The van der Waals surface area contributed by atoms with Gasteiger partial charge in [0.1, 0.15) is 11.8 Å². The minimum absolute atomic E-state index is 0.00698. The van der Waals surface area contributed by atoms with Crippen molar-refractivity contribution in [3.8, 4) is 5.75 Å². The predicted molar refractivity (Wildman–Crippen MR) is 148 cm³/mol. The molecule has 3 rings (SSSR count). The number of ether oxygens (including phenoxy) is 1. The molecule has 0 spiro atoms. The molecule has 2 amide bonds. The van der Waals surface area contributed by atoms with Gasteiger partial charge in [-0.05, 0) is 71.1 Å². The van der Waals surface area contributed by atoms with Crippen LogP contribution in [0.4, 0.5) is 0 Å². The van der Waals surface area contributed by atoms with Gasteiger partial charge in [-0.1, -0.05) is 73.1 Å². The molecule has 190 valence electrons. The van der Waals surface area contributed by atoms with E-state index in [0.29, 0.717) is 28.2 Å². The van der Waals surface area contributed by atoms with Crippen LogP contribution >= 0.6 is 27.5 Å². The molecule has 0 unspecified atom stereocenters. The molecule has 0 aromatic heterocycles. The molecule has 0 radical (unpaired) electrons. The van der Waals surface area contributed by atoms with Crippen molar-refractivity contribution < 1.29 is 14.3 Å². The van der Waals surface area contributed by atoms with Crippen LogP contribution in [0, 0.1) is 6.92 Å². The van der Waals surface area contributed by atoms with Crippen LogP contribution in [-0.4, -0.2) is 35.4 Å². The molecule has 2 atom stereocenters. The van der Waals surface area contributed by atoms with E-state index in [2.05, 4.69) is 21.2 Å². The van der Waals surface area contributed by atoms with Crippen molar-refractivity contribution in [2.45, 2.75) is 52.2 Å². The van der Waals surface area contributed by atoms with E-state index < -0.39 is 6.04 Å². The molecule has 0 aliphatic carbocycles. The molecule has 0 saturated carbocycles. The average Bonchev–Trinajstić information content (AvgIpc) is 2.87. The molecular weight excluding hydrogens is 540 g/mol. The zero-order chi connectivity index (χ0) is 26.1. The molecule has 0 saturated heterocycles. The topological polar surface area (TPSA) is 58.6 Å². The number of rotatable bonds is 11. The number of nitrogens with one attached hydrogen (secondary N) is 1. The number of hydrogen-bond acceptors (Lipinski definition) is 3. The van der Waals surface area contributed by atoms with E-state index in [9.17, 15) is 9.59 Å². The Bertz CT molecular complexity index is 1170. The lowest BCUT2D eigenvalue weighted by Crippen LogP contribution is -2.53. The lowest BCUT2D eigenvalue weighted by molar-refractivity contribution is -0.143. The third-order valence-electron chi connectivity index (χ3n) is 6.12. The lowest BCUT2D eigenvalue weighted by Gasteiger charge is -2.32. The molecule has 0 bridgehead atoms. The van der Waals surface area contributed by atoms with Gasteiger partial charge in [-0.2, -0.15) is 0 Å². The zero-order valence-electron chi connectivity index (χ0n) is 20.8. The van der Waals surface area contributed by atoms with Gasteiger partial charge in [-0.15, -0.1) is 0 Å². The van der Waals surface area contributed by atoms with E-state index in [-0.39, 0.29) is 24.5 Å². The maximum atomic E-state index is 13.7. The number of halogens is 2. The highest BCUT2D eigenvalue weighted by Crippen LogP contribution is 2.28. The highest BCUT2D eigenvalue weighted by Gasteiger charge is 2.31. The van der Waals surface area contributed by atoms with Crippen LogP contribution in [0.15, 0.2) is 77.3 Å². The molecule has 0 aliphatic heterocycles. The molecule has 3 aromatic carbocycles. The SMILES string of the molecule is CC[C@H](C)NC(=O)[C@@H](Cc1ccccc1)N(Cc1ccccc1C)C(=O)COc1ccc(Cl)cc1Br. The van der Waals surface area contributed by atoms with Gasteiger partial charge in [0.15, 0.2) is 6.61 Å². The fraction of sp³-hybridized carbons (Fsp3) is 0.310. The Labute approximate surface area is 226 Å². The zero-order valence-corrected chi connectivity index (χ0v) is 23.2. The van der Waals surface area contributed by atoms with Gasteiger partial charge in [-0.25, -0.2) is 0 Å². The van der Waals surface area contributed by atoms with Gasteiger partial charge in [0, 0.05) is 24.0 Å². The van der Waals surface area contributed by atoms with Crippen LogP contribution in [-0.2, 0) is 22.6 Å². The smallest absolute Gasteiger partial charge is 0.261 e. The second kappa shape index (κ2) is 13.5. The summed E-state index contributed by atoms with van der Waals surface area (Å²) in [6, 6.07) is 22.1. The summed E-state index contributed by atoms with van der Waals surface area (Å²) in [6.07, 6.45) is 1.19. The summed E-state index contributed by atoms with van der Waals surface area (Å²) in [4.78, 5) is 28.9. The summed E-state index contributed by atoms with van der Waals surface area (Å²) in [7, 11) is 0. The Morgan fingerprint density at radius 3 is 2.42 bits per heavy atom. The monoisotopic (exact) mass is 570 g/mol. The van der Waals surface area contributed by atoms with Crippen LogP contribution in [0.2, 0.25) is 5.02 Å². The number of carbonyl (C=O) groups is 2. The molecular formula is C29H32BrClN2O3. The summed E-state index contributed by atoms with van der Waals surface area (Å²) in [5, 5.41) is 3.64. The second-order valence-electron chi connectivity index (χ2n) is 8.83. The van der Waals surface area contributed by atoms with Crippen molar-refractivity contribution in [3.05, 3.63) is 99.0 Å². The lowest BCUT2D eigenvalue weighted by atomic mass is 10.0. The maximum Gasteiger partial charge on any atom is 0.261 e. The fourth-order valence-corrected chi connectivity index (χ4v) is 4.58. The van der Waals surface area contributed by atoms with Gasteiger partial charge in [0.25, 0.3) is 5.91 Å². The number of aryl methyl sites for hydroxylation is 1.